The predicted octanol–water partition coefficient (Wildman–Crippen LogP) is 0.919. The molecule has 0 atom stereocenters. The number of nitrogens with two attached hydrogens (primary N) is 1. The molecule has 2 rings (SSSR count). The summed E-state index contributed by atoms with van der Waals surface area (Å²) in [5, 5.41) is 12.4. The van der Waals surface area contributed by atoms with Gasteiger partial charge in [-0.3, -0.25) is 0 Å². The van der Waals surface area contributed by atoms with E-state index in [1.807, 2.05) is 0 Å². The molecule has 80 valence electrons. The lowest BCUT2D eigenvalue weighted by atomic mass is 10.2. The second kappa shape index (κ2) is 3.98. The fourth-order valence-corrected chi connectivity index (χ4v) is 1.32. The summed E-state index contributed by atoms with van der Waals surface area (Å²) in [6, 6.07) is 6.56. The van der Waals surface area contributed by atoms with Gasteiger partial charge in [0.15, 0.2) is 5.82 Å². The third kappa shape index (κ3) is 1.83. The maximum atomic E-state index is 13.5. The summed E-state index contributed by atoms with van der Waals surface area (Å²) >= 11 is 0. The first-order chi connectivity index (χ1) is 7.70. The van der Waals surface area contributed by atoms with E-state index in [0.717, 1.165) is 0 Å². The Hall–Kier alpha value is -2.42. The second-order valence-corrected chi connectivity index (χ2v) is 3.20. The van der Waals surface area contributed by atoms with Gasteiger partial charge in [-0.2, -0.15) is 5.26 Å². The highest BCUT2D eigenvalue weighted by atomic mass is 19.1. The number of rotatable bonds is 2. The number of anilines is 1. The number of hydrogen-bond donors (Lipinski definition) is 1. The summed E-state index contributed by atoms with van der Waals surface area (Å²) in [6.07, 6.45) is 1.38. The van der Waals surface area contributed by atoms with Gasteiger partial charge in [-0.1, -0.05) is 12.1 Å². The molecule has 0 saturated heterocycles. The van der Waals surface area contributed by atoms with Crippen molar-refractivity contribution in [1.82, 2.24) is 14.8 Å². The van der Waals surface area contributed by atoms with Crippen LogP contribution in [0.25, 0.3) is 0 Å². The van der Waals surface area contributed by atoms with Crippen molar-refractivity contribution < 1.29 is 4.39 Å². The van der Waals surface area contributed by atoms with E-state index in [1.54, 1.807) is 18.2 Å². The Balaban J connectivity index is 2.27. The van der Waals surface area contributed by atoms with Crippen molar-refractivity contribution in [3.63, 3.8) is 0 Å². The molecule has 2 aromatic rings. The lowest BCUT2D eigenvalue weighted by molar-refractivity contribution is 0.588. The molecule has 1 heterocycles. The number of aromatic nitrogens is 3. The van der Waals surface area contributed by atoms with Crippen LogP contribution in [-0.4, -0.2) is 14.8 Å². The average Bonchev–Trinajstić information content (AvgIpc) is 2.73. The van der Waals surface area contributed by atoms with E-state index in [4.69, 9.17) is 11.0 Å². The lowest BCUT2D eigenvalue weighted by Gasteiger charge is -2.04. The Morgan fingerprint density at radius 3 is 3.00 bits per heavy atom. The molecule has 0 aliphatic rings. The molecule has 0 spiro atoms. The number of benzene rings is 1. The van der Waals surface area contributed by atoms with Crippen molar-refractivity contribution in [3.05, 3.63) is 41.7 Å². The third-order valence-electron chi connectivity index (χ3n) is 2.08. The first-order valence-corrected chi connectivity index (χ1v) is 4.53. The van der Waals surface area contributed by atoms with E-state index in [9.17, 15) is 4.39 Å². The quantitative estimate of drug-likeness (QED) is 0.758. The van der Waals surface area contributed by atoms with Crippen LogP contribution in [0, 0.1) is 17.1 Å². The Bertz CT molecular complexity index is 555. The van der Waals surface area contributed by atoms with Gasteiger partial charge < -0.3 is 5.73 Å². The predicted molar refractivity (Wildman–Crippen MR) is 54.7 cm³/mol. The zero-order valence-corrected chi connectivity index (χ0v) is 8.26. The standard InChI is InChI=1S/C10H8FN5/c11-10-7(2-1-3-8(10)13)5-16-6-14-9(4-12)15-16/h1-3,6H,5,13H2. The van der Waals surface area contributed by atoms with Crippen molar-refractivity contribution in [3.8, 4) is 6.07 Å². The van der Waals surface area contributed by atoms with Crippen LogP contribution in [0.4, 0.5) is 10.1 Å². The van der Waals surface area contributed by atoms with Gasteiger partial charge in [0, 0.05) is 5.56 Å². The molecule has 0 bridgehead atoms. The minimum Gasteiger partial charge on any atom is -0.396 e. The van der Waals surface area contributed by atoms with Gasteiger partial charge in [-0.05, 0) is 6.07 Å². The van der Waals surface area contributed by atoms with Gasteiger partial charge in [0.2, 0.25) is 0 Å². The van der Waals surface area contributed by atoms with Crippen LogP contribution in [-0.2, 0) is 6.54 Å². The van der Waals surface area contributed by atoms with Gasteiger partial charge in [-0.25, -0.2) is 14.1 Å². The van der Waals surface area contributed by atoms with Gasteiger partial charge >= 0.3 is 0 Å². The Morgan fingerprint density at radius 1 is 1.50 bits per heavy atom. The fourth-order valence-electron chi connectivity index (χ4n) is 1.32. The van der Waals surface area contributed by atoms with Crippen molar-refractivity contribution in [1.29, 1.82) is 5.26 Å². The first kappa shape index (κ1) is 10.1. The van der Waals surface area contributed by atoms with Crippen molar-refractivity contribution in [2.45, 2.75) is 6.54 Å². The number of halogens is 1. The van der Waals surface area contributed by atoms with Crippen LogP contribution < -0.4 is 5.73 Å². The molecule has 0 unspecified atom stereocenters. The van der Waals surface area contributed by atoms with E-state index in [-0.39, 0.29) is 18.1 Å². The minimum absolute atomic E-state index is 0.0595. The third-order valence-corrected chi connectivity index (χ3v) is 2.08. The normalized spacial score (nSPS) is 10.0. The van der Waals surface area contributed by atoms with Crippen LogP contribution in [0.15, 0.2) is 24.5 Å². The van der Waals surface area contributed by atoms with Crippen LogP contribution in [0.2, 0.25) is 0 Å². The first-order valence-electron chi connectivity index (χ1n) is 4.53. The van der Waals surface area contributed by atoms with Crippen molar-refractivity contribution in [2.75, 3.05) is 5.73 Å². The van der Waals surface area contributed by atoms with Crippen LogP contribution in [0.1, 0.15) is 11.4 Å². The molecule has 0 radical (unpaired) electrons. The molecule has 5 nitrogen and oxygen atoms in total. The molecule has 2 N–H and O–H groups in total. The second-order valence-electron chi connectivity index (χ2n) is 3.20. The van der Waals surface area contributed by atoms with E-state index in [0.29, 0.717) is 5.56 Å². The van der Waals surface area contributed by atoms with Crippen LogP contribution in [0.5, 0.6) is 0 Å². The summed E-state index contributed by atoms with van der Waals surface area (Å²) in [7, 11) is 0. The molecule has 0 fully saturated rings. The Kier molecular flexibility index (Phi) is 2.52. The lowest BCUT2D eigenvalue weighted by Crippen LogP contribution is -2.04. The highest BCUT2D eigenvalue weighted by molar-refractivity contribution is 5.42. The maximum Gasteiger partial charge on any atom is 0.252 e. The van der Waals surface area contributed by atoms with Crippen molar-refractivity contribution >= 4 is 5.69 Å². The summed E-state index contributed by atoms with van der Waals surface area (Å²) in [6.45, 7) is 0.200. The summed E-state index contributed by atoms with van der Waals surface area (Å²) < 4.78 is 14.9. The van der Waals surface area contributed by atoms with Gasteiger partial charge in [0.05, 0.1) is 12.2 Å². The molecular formula is C10H8FN5. The maximum absolute atomic E-state index is 13.5. The summed E-state index contributed by atoms with van der Waals surface area (Å²) in [5.41, 5.74) is 5.94. The van der Waals surface area contributed by atoms with E-state index in [1.165, 1.54) is 17.1 Å². The van der Waals surface area contributed by atoms with Gasteiger partial charge in [-0.15, -0.1) is 5.10 Å². The molecule has 0 aliphatic heterocycles. The molecule has 16 heavy (non-hydrogen) atoms. The number of nitriles is 1. The van der Waals surface area contributed by atoms with Crippen LogP contribution in [0.3, 0.4) is 0 Å². The molecule has 1 aromatic carbocycles. The zero-order valence-electron chi connectivity index (χ0n) is 8.26. The van der Waals surface area contributed by atoms with Crippen LogP contribution >= 0.6 is 0 Å². The minimum atomic E-state index is -0.462. The molecule has 0 aliphatic carbocycles. The molecule has 6 heteroatoms. The SMILES string of the molecule is N#Cc1ncn(Cc2cccc(N)c2F)n1. The highest BCUT2D eigenvalue weighted by Gasteiger charge is 2.07. The van der Waals surface area contributed by atoms with Crippen molar-refractivity contribution in [2.24, 2.45) is 0 Å². The largest absolute Gasteiger partial charge is 0.396 e. The molecule has 0 amide bonds. The number of nitrogen functional groups attached to an aromatic ring is 1. The number of hydrogen-bond acceptors (Lipinski definition) is 4. The molecule has 1 aromatic heterocycles. The molecule has 0 saturated carbocycles. The topological polar surface area (TPSA) is 80.5 Å². The fraction of sp³-hybridized carbons (Fsp3) is 0.100. The Labute approximate surface area is 90.9 Å². The van der Waals surface area contributed by atoms with Gasteiger partial charge in [0.25, 0.3) is 5.82 Å². The Morgan fingerprint density at radius 2 is 2.31 bits per heavy atom. The average molecular weight is 217 g/mol. The summed E-state index contributed by atoms with van der Waals surface area (Å²) in [4.78, 5) is 3.72. The van der Waals surface area contributed by atoms with E-state index < -0.39 is 5.82 Å². The monoisotopic (exact) mass is 217 g/mol. The zero-order chi connectivity index (χ0) is 11.5. The van der Waals surface area contributed by atoms with Gasteiger partial charge in [0.1, 0.15) is 12.4 Å². The smallest absolute Gasteiger partial charge is 0.252 e. The summed E-state index contributed by atoms with van der Waals surface area (Å²) in [5.74, 6) is -0.402. The van der Waals surface area contributed by atoms with E-state index >= 15 is 0 Å². The number of nitrogens with zero attached hydrogens (tertiary/aromatic N) is 4. The highest BCUT2D eigenvalue weighted by Crippen LogP contribution is 2.15. The molecular weight excluding hydrogens is 209 g/mol. The van der Waals surface area contributed by atoms with E-state index in [2.05, 4.69) is 10.1 Å².